The number of likely N-dealkylation sites (tertiary alicyclic amines) is 1. The summed E-state index contributed by atoms with van der Waals surface area (Å²) in [6.45, 7) is 2.65. The minimum absolute atomic E-state index is 0.0558. The first-order valence-corrected chi connectivity index (χ1v) is 7.91. The molecule has 0 spiro atoms. The minimum Gasteiger partial charge on any atom is -0.480 e. The maximum atomic E-state index is 12.7. The lowest BCUT2D eigenvalue weighted by molar-refractivity contribution is -0.141. The number of aliphatic carboxylic acids is 1. The topological polar surface area (TPSA) is 81.1 Å². The van der Waals surface area contributed by atoms with Gasteiger partial charge in [0.1, 0.15) is 6.04 Å². The molecule has 1 saturated heterocycles. The number of carboxylic acid groups (broad SMARTS) is 1. The van der Waals surface area contributed by atoms with E-state index in [4.69, 9.17) is 0 Å². The van der Waals surface area contributed by atoms with Gasteiger partial charge in [0, 0.05) is 24.4 Å². The van der Waals surface area contributed by atoms with E-state index in [0.29, 0.717) is 6.54 Å². The predicted molar refractivity (Wildman–Crippen MR) is 77.3 cm³/mol. The third kappa shape index (κ3) is 2.40. The Morgan fingerprint density at radius 2 is 2.14 bits per heavy atom. The number of hydrogen-bond donors (Lipinski definition) is 2. The molecule has 0 radical (unpaired) electrons. The Labute approximate surface area is 126 Å². The van der Waals surface area contributed by atoms with E-state index in [2.05, 4.69) is 0 Å². The zero-order valence-corrected chi connectivity index (χ0v) is 12.5. The number of hydrogen-bond acceptors (Lipinski definition) is 4. The Morgan fingerprint density at radius 3 is 2.86 bits per heavy atom. The van der Waals surface area contributed by atoms with Crippen LogP contribution in [0.2, 0.25) is 0 Å². The van der Waals surface area contributed by atoms with Crippen LogP contribution in [0.5, 0.6) is 0 Å². The van der Waals surface area contributed by atoms with Gasteiger partial charge in [0.15, 0.2) is 0 Å². The highest BCUT2D eigenvalue weighted by molar-refractivity contribution is 7.10. The quantitative estimate of drug-likeness (QED) is 0.819. The number of amides is 2. The molecule has 3 atom stereocenters. The summed E-state index contributed by atoms with van der Waals surface area (Å²) in [7, 11) is 0. The number of urea groups is 1. The van der Waals surface area contributed by atoms with Crippen molar-refractivity contribution < 1.29 is 19.8 Å². The molecule has 21 heavy (non-hydrogen) atoms. The van der Waals surface area contributed by atoms with Gasteiger partial charge in [-0.3, -0.25) is 0 Å². The van der Waals surface area contributed by atoms with E-state index in [-0.39, 0.29) is 25.0 Å². The number of β-amino-alcohol motifs (C(OH)–C–C–N with tert-alkyl or cyclic N) is 1. The van der Waals surface area contributed by atoms with Gasteiger partial charge in [-0.15, -0.1) is 11.3 Å². The van der Waals surface area contributed by atoms with Gasteiger partial charge in [-0.05, 0) is 30.4 Å². The van der Waals surface area contributed by atoms with Crippen LogP contribution >= 0.6 is 11.3 Å². The van der Waals surface area contributed by atoms with Gasteiger partial charge in [0.2, 0.25) is 0 Å². The van der Waals surface area contributed by atoms with Crippen molar-refractivity contribution in [3.8, 4) is 0 Å². The van der Waals surface area contributed by atoms with Gasteiger partial charge in [-0.1, -0.05) is 0 Å². The molecule has 1 aromatic heterocycles. The third-order valence-corrected chi connectivity index (χ3v) is 5.33. The fraction of sp³-hybridized carbons (Fsp3) is 0.571. The first kappa shape index (κ1) is 14.3. The van der Waals surface area contributed by atoms with E-state index in [0.717, 1.165) is 12.0 Å². The van der Waals surface area contributed by atoms with Crippen LogP contribution in [0, 0.1) is 0 Å². The maximum absolute atomic E-state index is 12.7. The highest BCUT2D eigenvalue weighted by Crippen LogP contribution is 2.34. The lowest BCUT2D eigenvalue weighted by Gasteiger charge is -2.37. The van der Waals surface area contributed by atoms with Crippen molar-refractivity contribution in [1.29, 1.82) is 0 Å². The molecule has 2 amide bonds. The smallest absolute Gasteiger partial charge is 0.326 e. The first-order valence-electron chi connectivity index (χ1n) is 7.03. The zero-order valence-electron chi connectivity index (χ0n) is 11.7. The van der Waals surface area contributed by atoms with Gasteiger partial charge >= 0.3 is 12.0 Å². The second-order valence-electron chi connectivity index (χ2n) is 5.60. The Morgan fingerprint density at radius 1 is 1.38 bits per heavy atom. The molecule has 2 N–H and O–H groups in total. The van der Waals surface area contributed by atoms with Gasteiger partial charge < -0.3 is 20.0 Å². The number of fused-ring (bicyclic) bond motifs is 1. The molecule has 6 nitrogen and oxygen atoms in total. The molecule has 2 aliphatic heterocycles. The van der Waals surface area contributed by atoms with Crippen molar-refractivity contribution in [1.82, 2.24) is 9.80 Å². The molecular formula is C14H18N2O4S. The molecule has 0 aliphatic carbocycles. The van der Waals surface area contributed by atoms with E-state index in [9.17, 15) is 19.8 Å². The molecule has 0 aromatic carbocycles. The summed E-state index contributed by atoms with van der Waals surface area (Å²) in [6, 6.07) is 0.754. The van der Waals surface area contributed by atoms with Crippen LogP contribution in [0.25, 0.3) is 0 Å². The lowest BCUT2D eigenvalue weighted by atomic mass is 10.0. The molecule has 2 aliphatic rings. The first-order chi connectivity index (χ1) is 9.99. The molecule has 0 bridgehead atoms. The van der Waals surface area contributed by atoms with Gasteiger partial charge in [0.05, 0.1) is 12.1 Å². The Kier molecular flexibility index (Phi) is 3.62. The van der Waals surface area contributed by atoms with Crippen LogP contribution < -0.4 is 0 Å². The molecule has 3 heterocycles. The van der Waals surface area contributed by atoms with Crippen LogP contribution in [0.15, 0.2) is 11.4 Å². The monoisotopic (exact) mass is 310 g/mol. The number of carbonyl (C=O) groups excluding carboxylic acids is 1. The lowest BCUT2D eigenvalue weighted by Crippen LogP contribution is -2.50. The van der Waals surface area contributed by atoms with Crippen LogP contribution in [-0.2, 0) is 11.2 Å². The summed E-state index contributed by atoms with van der Waals surface area (Å²) in [5.41, 5.74) is 1.14. The molecule has 1 aromatic rings. The number of carboxylic acids is 1. The average molecular weight is 310 g/mol. The van der Waals surface area contributed by atoms with Crippen LogP contribution in [0.4, 0.5) is 4.79 Å². The second kappa shape index (κ2) is 5.31. The second-order valence-corrected chi connectivity index (χ2v) is 6.60. The van der Waals surface area contributed by atoms with E-state index in [1.807, 2.05) is 18.4 Å². The summed E-state index contributed by atoms with van der Waals surface area (Å²) in [6.07, 6.45) is 0.149. The molecule has 3 rings (SSSR count). The highest BCUT2D eigenvalue weighted by Gasteiger charge is 2.42. The summed E-state index contributed by atoms with van der Waals surface area (Å²) in [5.74, 6) is -1.05. The molecular weight excluding hydrogens is 292 g/mol. The molecule has 7 heteroatoms. The minimum atomic E-state index is -1.05. The van der Waals surface area contributed by atoms with Crippen molar-refractivity contribution in [3.05, 3.63) is 21.9 Å². The van der Waals surface area contributed by atoms with Crippen molar-refractivity contribution >= 4 is 23.3 Å². The average Bonchev–Trinajstić information content (AvgIpc) is 3.05. The third-order valence-electron chi connectivity index (χ3n) is 4.33. The van der Waals surface area contributed by atoms with Crippen LogP contribution in [0.3, 0.4) is 0 Å². The van der Waals surface area contributed by atoms with E-state index in [1.165, 1.54) is 9.78 Å². The van der Waals surface area contributed by atoms with Crippen molar-refractivity contribution in [2.24, 2.45) is 0 Å². The Hall–Kier alpha value is -1.60. The van der Waals surface area contributed by atoms with Crippen molar-refractivity contribution in [3.63, 3.8) is 0 Å². The molecule has 114 valence electrons. The SMILES string of the molecule is CC1c2ccsc2CCN1C(=O)N1CC(O)CC1C(=O)O. The molecule has 1 fully saturated rings. The predicted octanol–water partition coefficient (Wildman–Crippen LogP) is 1.31. The van der Waals surface area contributed by atoms with Crippen LogP contribution in [0.1, 0.15) is 29.8 Å². The number of aliphatic hydroxyl groups excluding tert-OH is 1. The fourth-order valence-corrected chi connectivity index (χ4v) is 4.16. The number of carbonyl (C=O) groups is 2. The largest absolute Gasteiger partial charge is 0.480 e. The summed E-state index contributed by atoms with van der Waals surface area (Å²) >= 11 is 1.70. The summed E-state index contributed by atoms with van der Waals surface area (Å²) < 4.78 is 0. The highest BCUT2D eigenvalue weighted by atomic mass is 32.1. The number of thiophene rings is 1. The van der Waals surface area contributed by atoms with Gasteiger partial charge in [0.25, 0.3) is 0 Å². The number of nitrogens with zero attached hydrogens (tertiary/aromatic N) is 2. The standard InChI is InChI=1S/C14H18N2O4S/c1-8-10-3-5-21-12(10)2-4-15(8)14(20)16-7-9(17)6-11(16)13(18)19/h3,5,8-9,11,17H,2,4,6-7H2,1H3,(H,18,19). The molecule has 0 saturated carbocycles. The Balaban J connectivity index is 1.81. The van der Waals surface area contributed by atoms with Crippen LogP contribution in [-0.4, -0.2) is 57.2 Å². The van der Waals surface area contributed by atoms with Crippen molar-refractivity contribution in [2.45, 2.75) is 38.0 Å². The number of rotatable bonds is 1. The summed E-state index contributed by atoms with van der Waals surface area (Å²) in [5, 5.41) is 20.9. The molecule has 3 unspecified atom stereocenters. The fourth-order valence-electron chi connectivity index (χ4n) is 3.20. The summed E-state index contributed by atoms with van der Waals surface area (Å²) in [4.78, 5) is 28.2. The van der Waals surface area contributed by atoms with Gasteiger partial charge in [-0.25, -0.2) is 9.59 Å². The Bertz CT molecular complexity index is 573. The normalized spacial score (nSPS) is 28.6. The van der Waals surface area contributed by atoms with E-state index < -0.39 is 18.1 Å². The van der Waals surface area contributed by atoms with Gasteiger partial charge in [-0.2, -0.15) is 0 Å². The van der Waals surface area contributed by atoms with E-state index >= 15 is 0 Å². The van der Waals surface area contributed by atoms with Crippen molar-refractivity contribution in [2.75, 3.05) is 13.1 Å². The van der Waals surface area contributed by atoms with E-state index in [1.54, 1.807) is 16.2 Å². The number of aliphatic hydroxyl groups is 1. The maximum Gasteiger partial charge on any atom is 0.326 e. The zero-order chi connectivity index (χ0) is 15.1.